The molecule has 0 spiro atoms. The number of aryl methyl sites for hydroxylation is 1. The number of rotatable bonds is 5. The molecule has 1 amide bonds. The van der Waals surface area contributed by atoms with Crippen molar-refractivity contribution in [3.05, 3.63) is 64.8 Å². The fourth-order valence-electron chi connectivity index (χ4n) is 4.01. The van der Waals surface area contributed by atoms with Crippen LogP contribution in [-0.4, -0.2) is 20.8 Å². The van der Waals surface area contributed by atoms with Crippen LogP contribution < -0.4 is 5.32 Å². The van der Waals surface area contributed by atoms with Crippen molar-refractivity contribution in [1.29, 1.82) is 0 Å². The van der Waals surface area contributed by atoms with E-state index in [1.54, 1.807) is 6.20 Å². The molecule has 4 rings (SSSR count). The molecular weight excluding hydrogens is 376 g/mol. The van der Waals surface area contributed by atoms with E-state index >= 15 is 0 Å². The maximum Gasteiger partial charge on any atom is 0.278 e. The molecule has 1 atom stereocenters. The number of hydrogen-bond acceptors (Lipinski definition) is 4. The van der Waals surface area contributed by atoms with Gasteiger partial charge in [0, 0.05) is 18.2 Å². The Hall–Kier alpha value is -2.89. The normalized spacial score (nSPS) is 16.3. The first-order valence-corrected chi connectivity index (χ1v) is 10.7. The Morgan fingerprint density at radius 2 is 2.03 bits per heavy atom. The molecule has 1 N–H and O–H groups in total. The largest absolute Gasteiger partial charge is 0.360 e. The Bertz CT molecular complexity index is 1020. The summed E-state index contributed by atoms with van der Waals surface area (Å²) in [5.41, 5.74) is 4.65. The summed E-state index contributed by atoms with van der Waals surface area (Å²) in [6.45, 7) is 9.46. The minimum absolute atomic E-state index is 0.138. The number of fused-ring (bicyclic) bond motifs is 1. The molecule has 1 unspecified atom stereocenters. The number of nitrogens with one attached hydrogen (secondary N) is 1. The number of nitrogens with zero attached hydrogens (tertiary/aromatic N) is 3. The van der Waals surface area contributed by atoms with Crippen LogP contribution >= 0.6 is 0 Å². The summed E-state index contributed by atoms with van der Waals surface area (Å²) in [6.07, 6.45) is 7.44. The van der Waals surface area contributed by atoms with Gasteiger partial charge in [0.05, 0.1) is 18.4 Å². The highest BCUT2D eigenvalue weighted by atomic mass is 16.5. The number of amides is 1. The number of carbonyl (C=O) groups is 1. The van der Waals surface area contributed by atoms with E-state index in [2.05, 4.69) is 67.5 Å². The molecule has 1 aliphatic carbocycles. The summed E-state index contributed by atoms with van der Waals surface area (Å²) in [4.78, 5) is 12.8. The van der Waals surface area contributed by atoms with Crippen molar-refractivity contribution >= 4 is 11.6 Å². The fraction of sp³-hybridized carbons (Fsp3) is 0.458. The van der Waals surface area contributed by atoms with Crippen LogP contribution in [0, 0.1) is 5.92 Å². The molecule has 1 aliphatic rings. The quantitative estimate of drug-likeness (QED) is 0.648. The predicted octanol–water partition coefficient (Wildman–Crippen LogP) is 4.98. The first-order valence-electron chi connectivity index (χ1n) is 10.7. The predicted molar refractivity (Wildman–Crippen MR) is 117 cm³/mol. The second-order valence-corrected chi connectivity index (χ2v) is 9.28. The van der Waals surface area contributed by atoms with Gasteiger partial charge in [-0.1, -0.05) is 63.5 Å². The molecule has 0 fully saturated rings. The molecule has 2 aromatic heterocycles. The van der Waals surface area contributed by atoms with E-state index in [0.717, 1.165) is 37.0 Å². The first kappa shape index (κ1) is 20.4. The van der Waals surface area contributed by atoms with Crippen molar-refractivity contribution in [3.8, 4) is 0 Å². The molecule has 0 radical (unpaired) electrons. The van der Waals surface area contributed by atoms with Crippen LogP contribution in [0.2, 0.25) is 0 Å². The van der Waals surface area contributed by atoms with Crippen molar-refractivity contribution in [1.82, 2.24) is 14.9 Å². The van der Waals surface area contributed by atoms with Gasteiger partial charge in [-0.15, -0.1) is 0 Å². The molecule has 6 heteroatoms. The Kier molecular flexibility index (Phi) is 5.50. The van der Waals surface area contributed by atoms with E-state index in [1.165, 1.54) is 11.1 Å². The number of anilines is 1. The lowest BCUT2D eigenvalue weighted by atomic mass is 9.85. The third-order valence-corrected chi connectivity index (χ3v) is 5.99. The summed E-state index contributed by atoms with van der Waals surface area (Å²) in [5.74, 6) is 1.22. The molecule has 0 saturated heterocycles. The molecule has 158 valence electrons. The lowest BCUT2D eigenvalue weighted by Crippen LogP contribution is -2.18. The van der Waals surface area contributed by atoms with Gasteiger partial charge in [0.2, 0.25) is 0 Å². The Morgan fingerprint density at radius 1 is 1.27 bits per heavy atom. The zero-order valence-corrected chi connectivity index (χ0v) is 18.2. The van der Waals surface area contributed by atoms with Gasteiger partial charge in [0.1, 0.15) is 5.76 Å². The molecule has 0 saturated carbocycles. The fourth-order valence-corrected chi connectivity index (χ4v) is 4.01. The summed E-state index contributed by atoms with van der Waals surface area (Å²) in [6, 6.07) is 8.59. The number of hydrogen-bond donors (Lipinski definition) is 1. The Balaban J connectivity index is 1.42. The second kappa shape index (κ2) is 8.09. The lowest BCUT2D eigenvalue weighted by Gasteiger charge is -2.19. The van der Waals surface area contributed by atoms with Crippen molar-refractivity contribution in [3.63, 3.8) is 0 Å². The molecule has 2 heterocycles. The topological polar surface area (TPSA) is 73.0 Å². The van der Waals surface area contributed by atoms with Crippen molar-refractivity contribution in [2.75, 3.05) is 5.32 Å². The molecule has 0 aliphatic heterocycles. The minimum atomic E-state index is -0.231. The summed E-state index contributed by atoms with van der Waals surface area (Å²) in [5, 5.41) is 11.4. The number of carbonyl (C=O) groups excluding carboxylic acids is 1. The van der Waals surface area contributed by atoms with E-state index in [4.69, 9.17) is 4.52 Å². The summed E-state index contributed by atoms with van der Waals surface area (Å²) < 4.78 is 7.25. The lowest BCUT2D eigenvalue weighted by molar-refractivity contribution is 0.101. The number of aromatic nitrogens is 3. The molecule has 30 heavy (non-hydrogen) atoms. The third kappa shape index (κ3) is 4.32. The van der Waals surface area contributed by atoms with Gasteiger partial charge in [0.15, 0.2) is 5.69 Å². The second-order valence-electron chi connectivity index (χ2n) is 9.28. The Morgan fingerprint density at radius 3 is 2.73 bits per heavy atom. The highest BCUT2D eigenvalue weighted by Crippen LogP contribution is 2.30. The molecular formula is C24H30N4O2. The molecule has 0 bridgehead atoms. The van der Waals surface area contributed by atoms with E-state index in [1.807, 2.05) is 10.9 Å². The molecule has 1 aromatic carbocycles. The first-order chi connectivity index (χ1) is 14.3. The van der Waals surface area contributed by atoms with Crippen LogP contribution in [0.15, 0.2) is 41.2 Å². The Labute approximate surface area is 177 Å². The molecule has 3 aromatic rings. The summed E-state index contributed by atoms with van der Waals surface area (Å²) in [7, 11) is 0. The van der Waals surface area contributed by atoms with E-state index < -0.39 is 0 Å². The maximum absolute atomic E-state index is 12.8. The van der Waals surface area contributed by atoms with Crippen LogP contribution in [0.1, 0.15) is 73.5 Å². The van der Waals surface area contributed by atoms with Crippen LogP contribution in [0.4, 0.5) is 5.69 Å². The van der Waals surface area contributed by atoms with Crippen molar-refractivity contribution in [2.24, 2.45) is 5.92 Å². The van der Waals surface area contributed by atoms with Crippen LogP contribution in [-0.2, 0) is 24.8 Å². The van der Waals surface area contributed by atoms with Gasteiger partial charge >= 0.3 is 0 Å². The van der Waals surface area contributed by atoms with Gasteiger partial charge in [-0.2, -0.15) is 5.10 Å². The standard InChI is InChI=1S/C24H30N4O2/c1-5-16-8-11-21-20(12-16)22(27-30-21)23(29)26-19-13-25-28(15-19)14-17-6-9-18(10-7-17)24(2,3)4/h6-7,9-10,13,15-16H,5,8,11-12,14H2,1-4H3,(H,26,29). The van der Waals surface area contributed by atoms with Crippen molar-refractivity contribution < 1.29 is 9.32 Å². The monoisotopic (exact) mass is 406 g/mol. The smallest absolute Gasteiger partial charge is 0.278 e. The van der Waals surface area contributed by atoms with Crippen molar-refractivity contribution in [2.45, 2.75) is 65.3 Å². The van der Waals surface area contributed by atoms with Crippen LogP contribution in [0.25, 0.3) is 0 Å². The van der Waals surface area contributed by atoms with E-state index in [0.29, 0.717) is 23.8 Å². The SMILES string of the molecule is CCC1CCc2onc(C(=O)Nc3cnn(Cc4ccc(C(C)(C)C)cc4)c3)c2C1. The highest BCUT2D eigenvalue weighted by molar-refractivity contribution is 6.03. The zero-order valence-electron chi connectivity index (χ0n) is 18.2. The number of benzene rings is 1. The van der Waals surface area contributed by atoms with Gasteiger partial charge in [-0.3, -0.25) is 9.48 Å². The average molecular weight is 407 g/mol. The highest BCUT2D eigenvalue weighted by Gasteiger charge is 2.28. The van der Waals surface area contributed by atoms with Gasteiger partial charge in [0.25, 0.3) is 5.91 Å². The average Bonchev–Trinajstić information content (AvgIpc) is 3.33. The third-order valence-electron chi connectivity index (χ3n) is 5.99. The minimum Gasteiger partial charge on any atom is -0.360 e. The van der Waals surface area contributed by atoms with E-state index in [-0.39, 0.29) is 11.3 Å². The summed E-state index contributed by atoms with van der Waals surface area (Å²) >= 11 is 0. The zero-order chi connectivity index (χ0) is 21.3. The van der Waals surface area contributed by atoms with Gasteiger partial charge in [-0.25, -0.2) is 0 Å². The van der Waals surface area contributed by atoms with E-state index in [9.17, 15) is 4.79 Å². The van der Waals surface area contributed by atoms with Gasteiger partial charge < -0.3 is 9.84 Å². The maximum atomic E-state index is 12.8. The van der Waals surface area contributed by atoms with Crippen LogP contribution in [0.5, 0.6) is 0 Å². The van der Waals surface area contributed by atoms with Crippen LogP contribution in [0.3, 0.4) is 0 Å². The van der Waals surface area contributed by atoms with Gasteiger partial charge in [-0.05, 0) is 35.3 Å². The molecule has 6 nitrogen and oxygen atoms in total.